The minimum atomic E-state index is -0.632. The van der Waals surface area contributed by atoms with Crippen molar-refractivity contribution in [2.45, 2.75) is 0 Å². The second-order valence-electron chi connectivity index (χ2n) is 3.12. The summed E-state index contributed by atoms with van der Waals surface area (Å²) in [5.74, 6) is -1.13. The lowest BCUT2D eigenvalue weighted by atomic mass is 10.4. The fraction of sp³-hybridized carbons (Fsp3) is 0.100. The van der Waals surface area contributed by atoms with Gasteiger partial charge in [0.1, 0.15) is 4.88 Å². The van der Waals surface area contributed by atoms with Crippen molar-refractivity contribution >= 4 is 39.7 Å². The Morgan fingerprint density at radius 2 is 2.33 bits per heavy atom. The number of thiophene rings is 1. The molecule has 0 saturated heterocycles. The number of rotatable bonds is 3. The lowest BCUT2D eigenvalue weighted by Crippen LogP contribution is -1.98. The summed E-state index contributed by atoms with van der Waals surface area (Å²) >= 11 is 6.68. The van der Waals surface area contributed by atoms with Gasteiger partial charge >= 0.3 is 5.97 Å². The Balaban J connectivity index is 2.21. The van der Waals surface area contributed by atoms with Crippen LogP contribution in [0.3, 0.4) is 0 Å². The number of esters is 1. The van der Waals surface area contributed by atoms with Crippen LogP contribution in [-0.4, -0.2) is 23.0 Å². The zero-order valence-corrected chi connectivity index (χ0v) is 10.7. The normalized spacial score (nSPS) is 10.2. The first-order valence-corrected chi connectivity index (χ1v) is 5.93. The number of carbonyl (C=O) groups excluding carboxylic acids is 1. The second kappa shape index (κ2) is 5.28. The first-order chi connectivity index (χ1) is 8.60. The molecule has 0 spiro atoms. The molecule has 1 N–H and O–H groups in total. The molecule has 0 aliphatic carbocycles. The molecule has 0 saturated carbocycles. The predicted molar refractivity (Wildman–Crippen MR) is 65.9 cm³/mol. The Kier molecular flexibility index (Phi) is 3.73. The van der Waals surface area contributed by atoms with Gasteiger partial charge in [0.2, 0.25) is 5.28 Å². The smallest absolute Gasteiger partial charge is 0.348 e. The number of methoxy groups -OCH3 is 1. The molecule has 2 aromatic rings. The van der Waals surface area contributed by atoms with Crippen LogP contribution in [0.15, 0.2) is 18.3 Å². The first-order valence-electron chi connectivity index (χ1n) is 4.73. The van der Waals surface area contributed by atoms with Gasteiger partial charge in [-0.25, -0.2) is 14.2 Å². The average Bonchev–Trinajstić information content (AvgIpc) is 2.81. The number of halogens is 2. The van der Waals surface area contributed by atoms with E-state index in [2.05, 4.69) is 20.0 Å². The molecule has 18 heavy (non-hydrogen) atoms. The van der Waals surface area contributed by atoms with Crippen LogP contribution in [0.4, 0.5) is 15.2 Å². The molecule has 0 fully saturated rings. The summed E-state index contributed by atoms with van der Waals surface area (Å²) in [6.07, 6.45) is 0.965. The summed E-state index contributed by atoms with van der Waals surface area (Å²) in [6, 6.07) is 3.19. The molecule has 8 heteroatoms. The number of carbonyl (C=O) groups is 1. The number of hydrogen-bond donors (Lipinski definition) is 1. The summed E-state index contributed by atoms with van der Waals surface area (Å²) in [5.41, 5.74) is 0. The van der Waals surface area contributed by atoms with Crippen molar-refractivity contribution in [3.8, 4) is 0 Å². The summed E-state index contributed by atoms with van der Waals surface area (Å²) in [4.78, 5) is 18.8. The van der Waals surface area contributed by atoms with Gasteiger partial charge in [0.15, 0.2) is 11.6 Å². The quantitative estimate of drug-likeness (QED) is 0.695. The average molecular weight is 288 g/mol. The van der Waals surface area contributed by atoms with Crippen molar-refractivity contribution in [1.29, 1.82) is 0 Å². The molecule has 2 aromatic heterocycles. The zero-order chi connectivity index (χ0) is 13.1. The highest BCUT2D eigenvalue weighted by atomic mass is 35.5. The Labute approximate surface area is 111 Å². The lowest BCUT2D eigenvalue weighted by molar-refractivity contribution is 0.0606. The number of nitrogens with zero attached hydrogens (tertiary/aromatic N) is 2. The fourth-order valence-electron chi connectivity index (χ4n) is 1.17. The van der Waals surface area contributed by atoms with Crippen LogP contribution >= 0.6 is 22.9 Å². The van der Waals surface area contributed by atoms with E-state index in [1.165, 1.54) is 7.11 Å². The maximum absolute atomic E-state index is 13.4. The van der Waals surface area contributed by atoms with E-state index in [1.54, 1.807) is 12.1 Å². The Hall–Kier alpha value is -1.73. The largest absolute Gasteiger partial charge is 0.465 e. The molecule has 0 unspecified atom stereocenters. The number of nitrogens with one attached hydrogen (secondary N) is 1. The van der Waals surface area contributed by atoms with Gasteiger partial charge in [-0.2, -0.15) is 4.98 Å². The number of anilines is 2. The molecule has 0 aliphatic rings. The number of hydrogen-bond acceptors (Lipinski definition) is 6. The highest BCUT2D eigenvalue weighted by molar-refractivity contribution is 7.17. The standard InChI is InChI=1S/C10H7ClFN3O2S/c1-17-9(16)6-2-3-7(18-6)14-8-5(12)4-13-10(11)15-8/h2-4H,1H3,(H,13,14,15). The number of ether oxygens (including phenoxy) is 1. The summed E-state index contributed by atoms with van der Waals surface area (Å²) in [6.45, 7) is 0. The zero-order valence-electron chi connectivity index (χ0n) is 9.11. The minimum Gasteiger partial charge on any atom is -0.465 e. The van der Waals surface area contributed by atoms with Crippen LogP contribution in [0.1, 0.15) is 9.67 Å². The monoisotopic (exact) mass is 287 g/mol. The van der Waals surface area contributed by atoms with E-state index in [9.17, 15) is 9.18 Å². The topological polar surface area (TPSA) is 64.1 Å². The van der Waals surface area contributed by atoms with Gasteiger partial charge in [-0.05, 0) is 23.7 Å². The van der Waals surface area contributed by atoms with Crippen LogP contribution < -0.4 is 5.32 Å². The molecule has 0 aliphatic heterocycles. The molecule has 0 atom stereocenters. The highest BCUT2D eigenvalue weighted by Crippen LogP contribution is 2.26. The SMILES string of the molecule is COC(=O)c1ccc(Nc2nc(Cl)ncc2F)s1. The van der Waals surface area contributed by atoms with Gasteiger partial charge in [0.25, 0.3) is 0 Å². The molecule has 2 rings (SSSR count). The van der Waals surface area contributed by atoms with E-state index in [1.807, 2.05) is 0 Å². The van der Waals surface area contributed by atoms with Crippen molar-refractivity contribution in [2.24, 2.45) is 0 Å². The Morgan fingerprint density at radius 1 is 1.56 bits per heavy atom. The van der Waals surface area contributed by atoms with Crippen molar-refractivity contribution in [3.63, 3.8) is 0 Å². The molecule has 94 valence electrons. The molecule has 2 heterocycles. The first kappa shape index (κ1) is 12.7. The van der Waals surface area contributed by atoms with Crippen molar-refractivity contribution in [2.75, 3.05) is 12.4 Å². The third kappa shape index (κ3) is 2.74. The maximum atomic E-state index is 13.4. The van der Waals surface area contributed by atoms with Crippen LogP contribution in [0.25, 0.3) is 0 Å². The Morgan fingerprint density at radius 3 is 3.06 bits per heavy atom. The van der Waals surface area contributed by atoms with Crippen LogP contribution in [0.5, 0.6) is 0 Å². The molecule has 5 nitrogen and oxygen atoms in total. The van der Waals surface area contributed by atoms with Crippen molar-refractivity contribution in [3.05, 3.63) is 34.3 Å². The molecule has 0 radical (unpaired) electrons. The molecule has 0 bridgehead atoms. The maximum Gasteiger partial charge on any atom is 0.348 e. The van der Waals surface area contributed by atoms with E-state index in [0.29, 0.717) is 9.88 Å². The van der Waals surface area contributed by atoms with E-state index < -0.39 is 11.8 Å². The van der Waals surface area contributed by atoms with Crippen LogP contribution in [-0.2, 0) is 4.74 Å². The number of aromatic nitrogens is 2. The third-order valence-electron chi connectivity index (χ3n) is 1.95. The van der Waals surface area contributed by atoms with E-state index in [0.717, 1.165) is 17.5 Å². The molecule has 0 aromatic carbocycles. The fourth-order valence-corrected chi connectivity index (χ4v) is 2.12. The summed E-state index contributed by atoms with van der Waals surface area (Å²) in [7, 11) is 1.29. The van der Waals surface area contributed by atoms with Crippen LogP contribution in [0.2, 0.25) is 5.28 Å². The van der Waals surface area contributed by atoms with E-state index >= 15 is 0 Å². The molecular formula is C10H7ClFN3O2S. The highest BCUT2D eigenvalue weighted by Gasteiger charge is 2.11. The van der Waals surface area contributed by atoms with Crippen molar-refractivity contribution in [1.82, 2.24) is 9.97 Å². The molecular weight excluding hydrogens is 281 g/mol. The predicted octanol–water partition coefficient (Wildman–Crippen LogP) is 2.86. The third-order valence-corrected chi connectivity index (χ3v) is 3.11. The Bertz CT molecular complexity index is 590. The van der Waals surface area contributed by atoms with Gasteiger partial charge in [-0.15, -0.1) is 11.3 Å². The van der Waals surface area contributed by atoms with Crippen LogP contribution in [0, 0.1) is 5.82 Å². The summed E-state index contributed by atoms with van der Waals surface area (Å²) < 4.78 is 17.9. The van der Waals surface area contributed by atoms with Gasteiger partial charge in [-0.3, -0.25) is 0 Å². The molecule has 0 amide bonds. The van der Waals surface area contributed by atoms with Crippen molar-refractivity contribution < 1.29 is 13.9 Å². The van der Waals surface area contributed by atoms with Gasteiger partial charge in [-0.1, -0.05) is 0 Å². The van der Waals surface area contributed by atoms with Gasteiger partial charge in [0, 0.05) is 0 Å². The lowest BCUT2D eigenvalue weighted by Gasteiger charge is -2.03. The minimum absolute atomic E-state index is 0.0479. The summed E-state index contributed by atoms with van der Waals surface area (Å²) in [5, 5.41) is 3.19. The van der Waals surface area contributed by atoms with Gasteiger partial charge < -0.3 is 10.1 Å². The van der Waals surface area contributed by atoms with E-state index in [4.69, 9.17) is 11.6 Å². The second-order valence-corrected chi connectivity index (χ2v) is 4.54. The van der Waals surface area contributed by atoms with Gasteiger partial charge in [0.05, 0.1) is 18.3 Å². The van der Waals surface area contributed by atoms with E-state index in [-0.39, 0.29) is 11.1 Å².